The summed E-state index contributed by atoms with van der Waals surface area (Å²) in [6, 6.07) is 8.10. The molecule has 1 unspecified atom stereocenters. The van der Waals surface area contributed by atoms with Crippen LogP contribution >= 0.6 is 0 Å². The van der Waals surface area contributed by atoms with Crippen LogP contribution in [0.2, 0.25) is 0 Å². The zero-order chi connectivity index (χ0) is 17.3. The Morgan fingerprint density at radius 3 is 2.67 bits per heavy atom. The molecule has 24 heavy (non-hydrogen) atoms. The maximum absolute atomic E-state index is 14.2. The fourth-order valence-corrected chi connectivity index (χ4v) is 3.49. The van der Waals surface area contributed by atoms with Gasteiger partial charge in [0.1, 0.15) is 29.1 Å². The van der Waals surface area contributed by atoms with Gasteiger partial charge in [0.2, 0.25) is 0 Å². The summed E-state index contributed by atoms with van der Waals surface area (Å²) in [4.78, 5) is 0. The van der Waals surface area contributed by atoms with E-state index in [1.807, 2.05) is 13.0 Å². The van der Waals surface area contributed by atoms with Crippen molar-refractivity contribution in [1.82, 2.24) is 0 Å². The fourth-order valence-electron chi connectivity index (χ4n) is 3.49. The molecule has 1 nitrogen and oxygen atoms in total. The predicted octanol–water partition coefficient (Wildman–Crippen LogP) is 5.02. The van der Waals surface area contributed by atoms with Gasteiger partial charge >= 0.3 is 0 Å². The van der Waals surface area contributed by atoms with Crippen molar-refractivity contribution in [2.75, 3.05) is 0 Å². The van der Waals surface area contributed by atoms with Gasteiger partial charge in [-0.1, -0.05) is 12.1 Å². The van der Waals surface area contributed by atoms with Crippen molar-refractivity contribution in [3.05, 3.63) is 69.5 Å². The number of nitrogens with zero attached hydrogens (tertiary/aromatic N) is 1. The standard InChI is InChI=1S/C20H18F3N/c1-12-2-5-14(18(21)8-12)6-3-13-4-7-16-15(9-13)10-19(22)17(11-24)20(16)23/h2,5,8,10,13H,3-4,6-7,9H2,1H3. The summed E-state index contributed by atoms with van der Waals surface area (Å²) in [5, 5.41) is 8.84. The van der Waals surface area contributed by atoms with Crippen molar-refractivity contribution in [3.8, 4) is 6.07 Å². The first-order chi connectivity index (χ1) is 11.5. The molecular formula is C20H18F3N. The van der Waals surface area contributed by atoms with Gasteiger partial charge in [-0.2, -0.15) is 5.26 Å². The summed E-state index contributed by atoms with van der Waals surface area (Å²) in [5.41, 5.74) is 2.19. The van der Waals surface area contributed by atoms with Crippen molar-refractivity contribution in [2.45, 2.75) is 39.0 Å². The van der Waals surface area contributed by atoms with E-state index in [1.54, 1.807) is 12.1 Å². The SMILES string of the molecule is Cc1ccc(CCC2CCc3c(cc(F)c(C#N)c3F)C2)c(F)c1. The van der Waals surface area contributed by atoms with E-state index in [0.29, 0.717) is 36.0 Å². The molecule has 0 amide bonds. The highest BCUT2D eigenvalue weighted by Gasteiger charge is 2.25. The van der Waals surface area contributed by atoms with Gasteiger partial charge in [0.25, 0.3) is 0 Å². The van der Waals surface area contributed by atoms with E-state index in [9.17, 15) is 13.2 Å². The van der Waals surface area contributed by atoms with E-state index in [-0.39, 0.29) is 11.7 Å². The predicted molar refractivity (Wildman–Crippen MR) is 86.0 cm³/mol. The average molecular weight is 329 g/mol. The highest BCUT2D eigenvalue weighted by Crippen LogP contribution is 2.32. The summed E-state index contributed by atoms with van der Waals surface area (Å²) in [7, 11) is 0. The van der Waals surface area contributed by atoms with Crippen LogP contribution < -0.4 is 0 Å². The van der Waals surface area contributed by atoms with Crippen LogP contribution in [-0.4, -0.2) is 0 Å². The van der Waals surface area contributed by atoms with E-state index in [4.69, 9.17) is 5.26 Å². The van der Waals surface area contributed by atoms with Crippen LogP contribution in [0.5, 0.6) is 0 Å². The minimum Gasteiger partial charge on any atom is -0.207 e. The first kappa shape index (κ1) is 16.6. The molecule has 4 heteroatoms. The number of rotatable bonds is 3. The smallest absolute Gasteiger partial charge is 0.147 e. The van der Waals surface area contributed by atoms with Gasteiger partial charge < -0.3 is 0 Å². The van der Waals surface area contributed by atoms with E-state index in [2.05, 4.69) is 0 Å². The van der Waals surface area contributed by atoms with Crippen molar-refractivity contribution < 1.29 is 13.2 Å². The van der Waals surface area contributed by atoms with Gasteiger partial charge in [-0.05, 0) is 79.3 Å². The Morgan fingerprint density at radius 2 is 1.96 bits per heavy atom. The molecule has 2 aromatic rings. The van der Waals surface area contributed by atoms with Gasteiger partial charge in [-0.3, -0.25) is 0 Å². The first-order valence-corrected chi connectivity index (χ1v) is 8.14. The zero-order valence-corrected chi connectivity index (χ0v) is 13.5. The third kappa shape index (κ3) is 3.17. The van der Waals surface area contributed by atoms with Gasteiger partial charge in [0.15, 0.2) is 0 Å². The number of aryl methyl sites for hydroxylation is 2. The molecule has 2 aromatic carbocycles. The number of fused-ring (bicyclic) bond motifs is 1. The molecule has 1 aliphatic carbocycles. The Balaban J connectivity index is 1.73. The zero-order valence-electron chi connectivity index (χ0n) is 13.5. The third-order valence-electron chi connectivity index (χ3n) is 4.87. The Morgan fingerprint density at radius 1 is 1.17 bits per heavy atom. The largest absolute Gasteiger partial charge is 0.207 e. The molecule has 0 radical (unpaired) electrons. The maximum atomic E-state index is 14.2. The number of hydrogen-bond acceptors (Lipinski definition) is 1. The van der Waals surface area contributed by atoms with E-state index < -0.39 is 17.2 Å². The first-order valence-electron chi connectivity index (χ1n) is 8.14. The lowest BCUT2D eigenvalue weighted by atomic mass is 9.80. The summed E-state index contributed by atoms with van der Waals surface area (Å²) in [5.74, 6) is -1.43. The molecule has 0 spiro atoms. The summed E-state index contributed by atoms with van der Waals surface area (Å²) >= 11 is 0. The molecule has 3 rings (SSSR count). The molecule has 0 fully saturated rings. The second-order valence-electron chi connectivity index (χ2n) is 6.54. The third-order valence-corrected chi connectivity index (χ3v) is 4.87. The summed E-state index contributed by atoms with van der Waals surface area (Å²) in [6.45, 7) is 1.85. The van der Waals surface area contributed by atoms with Crippen LogP contribution in [0.1, 0.15) is 40.7 Å². The molecule has 0 saturated heterocycles. The van der Waals surface area contributed by atoms with Crippen LogP contribution in [0.25, 0.3) is 0 Å². The van der Waals surface area contributed by atoms with Crippen molar-refractivity contribution in [2.24, 2.45) is 5.92 Å². The lowest BCUT2D eigenvalue weighted by Crippen LogP contribution is -2.18. The van der Waals surface area contributed by atoms with Crippen LogP contribution in [0.4, 0.5) is 13.2 Å². The van der Waals surface area contributed by atoms with Crippen molar-refractivity contribution in [3.63, 3.8) is 0 Å². The Hall–Kier alpha value is -2.28. The highest BCUT2D eigenvalue weighted by molar-refractivity contribution is 5.42. The Labute approximate surface area is 139 Å². The fraction of sp³-hybridized carbons (Fsp3) is 0.350. The highest BCUT2D eigenvalue weighted by atomic mass is 19.1. The molecule has 0 aliphatic heterocycles. The average Bonchev–Trinajstić information content (AvgIpc) is 2.54. The van der Waals surface area contributed by atoms with E-state index in [1.165, 1.54) is 12.1 Å². The minimum atomic E-state index is -0.793. The second-order valence-corrected chi connectivity index (χ2v) is 6.54. The molecule has 0 N–H and O–H groups in total. The van der Waals surface area contributed by atoms with Crippen LogP contribution in [0.15, 0.2) is 24.3 Å². The lowest BCUT2D eigenvalue weighted by Gasteiger charge is -2.25. The van der Waals surface area contributed by atoms with Crippen molar-refractivity contribution >= 4 is 0 Å². The number of nitriles is 1. The Bertz CT molecular complexity index is 821. The van der Waals surface area contributed by atoms with Gasteiger partial charge in [0.05, 0.1) is 0 Å². The molecule has 0 saturated carbocycles. The summed E-state index contributed by atoms with van der Waals surface area (Å²) < 4.78 is 41.9. The molecule has 0 aromatic heterocycles. The summed E-state index contributed by atoms with van der Waals surface area (Å²) in [6.07, 6.45) is 3.24. The van der Waals surface area contributed by atoms with E-state index in [0.717, 1.165) is 18.4 Å². The molecule has 0 bridgehead atoms. The molecule has 0 heterocycles. The molecule has 1 aliphatic rings. The number of benzene rings is 2. The Kier molecular flexibility index (Phi) is 4.62. The second kappa shape index (κ2) is 6.68. The topological polar surface area (TPSA) is 23.8 Å². The lowest BCUT2D eigenvalue weighted by molar-refractivity contribution is 0.412. The number of halogens is 3. The monoisotopic (exact) mass is 329 g/mol. The normalized spacial score (nSPS) is 16.5. The molecular weight excluding hydrogens is 311 g/mol. The quantitative estimate of drug-likeness (QED) is 0.775. The number of hydrogen-bond donors (Lipinski definition) is 0. The molecule has 124 valence electrons. The minimum absolute atomic E-state index is 0.193. The van der Waals surface area contributed by atoms with Gasteiger partial charge in [-0.15, -0.1) is 0 Å². The molecule has 1 atom stereocenters. The van der Waals surface area contributed by atoms with Crippen LogP contribution in [0, 0.1) is 41.6 Å². The van der Waals surface area contributed by atoms with Crippen LogP contribution in [-0.2, 0) is 19.3 Å². The van der Waals surface area contributed by atoms with Gasteiger partial charge in [-0.25, -0.2) is 13.2 Å². The van der Waals surface area contributed by atoms with Crippen LogP contribution in [0.3, 0.4) is 0 Å². The van der Waals surface area contributed by atoms with E-state index >= 15 is 0 Å². The van der Waals surface area contributed by atoms with Gasteiger partial charge in [0, 0.05) is 0 Å². The van der Waals surface area contributed by atoms with Crippen molar-refractivity contribution in [1.29, 1.82) is 5.26 Å². The maximum Gasteiger partial charge on any atom is 0.147 e.